The van der Waals surface area contributed by atoms with Crippen LogP contribution >= 0.6 is 0 Å². The average Bonchev–Trinajstić information content (AvgIpc) is 3.37. The van der Waals surface area contributed by atoms with Crippen LogP contribution in [0.25, 0.3) is 5.82 Å². The zero-order valence-corrected chi connectivity index (χ0v) is 14.9. The average molecular weight is 368 g/mol. The fraction of sp³-hybridized carbons (Fsp3) is 0.412. The van der Waals surface area contributed by atoms with Gasteiger partial charge in [-0.05, 0) is 31.9 Å². The van der Waals surface area contributed by atoms with Gasteiger partial charge in [-0.15, -0.1) is 10.2 Å². The van der Waals surface area contributed by atoms with E-state index < -0.39 is 0 Å². The summed E-state index contributed by atoms with van der Waals surface area (Å²) in [6, 6.07) is 3.45. The second-order valence-electron chi connectivity index (χ2n) is 6.47. The summed E-state index contributed by atoms with van der Waals surface area (Å²) in [6.45, 7) is 3.76. The maximum absolute atomic E-state index is 12.9. The Balaban J connectivity index is 1.46. The lowest BCUT2D eigenvalue weighted by atomic mass is 9.95. The normalized spacial score (nSPS) is 15.2. The molecule has 3 aromatic heterocycles. The third kappa shape index (κ3) is 3.25. The molecule has 0 bridgehead atoms. The molecule has 1 saturated heterocycles. The zero-order valence-electron chi connectivity index (χ0n) is 14.9. The molecule has 0 unspecified atom stereocenters. The SMILES string of the molecule is CCn1c(C2CCN(C(=O)c3ccnc(-n4cnnc4)c3)CC2)n[nH]c1=O. The molecular formula is C17H20N8O2. The molecule has 140 valence electrons. The van der Waals surface area contributed by atoms with E-state index >= 15 is 0 Å². The van der Waals surface area contributed by atoms with Crippen molar-refractivity contribution < 1.29 is 4.79 Å². The number of aromatic nitrogens is 7. The summed E-state index contributed by atoms with van der Waals surface area (Å²) in [6.07, 6.45) is 6.25. The van der Waals surface area contributed by atoms with Crippen molar-refractivity contribution in [2.24, 2.45) is 0 Å². The second-order valence-corrected chi connectivity index (χ2v) is 6.47. The van der Waals surface area contributed by atoms with Gasteiger partial charge in [-0.25, -0.2) is 14.9 Å². The monoisotopic (exact) mass is 368 g/mol. The van der Waals surface area contributed by atoms with Gasteiger partial charge < -0.3 is 4.90 Å². The minimum atomic E-state index is -0.177. The predicted molar refractivity (Wildman–Crippen MR) is 95.6 cm³/mol. The second kappa shape index (κ2) is 7.14. The first kappa shape index (κ1) is 17.1. The van der Waals surface area contributed by atoms with Gasteiger partial charge in [0, 0.05) is 37.3 Å². The van der Waals surface area contributed by atoms with E-state index in [-0.39, 0.29) is 17.5 Å². The van der Waals surface area contributed by atoms with Crippen molar-refractivity contribution in [1.82, 2.24) is 39.4 Å². The molecule has 3 aromatic rings. The van der Waals surface area contributed by atoms with Crippen molar-refractivity contribution in [2.75, 3.05) is 13.1 Å². The van der Waals surface area contributed by atoms with Gasteiger partial charge in [0.15, 0.2) is 0 Å². The number of rotatable bonds is 4. The summed E-state index contributed by atoms with van der Waals surface area (Å²) in [7, 11) is 0. The smallest absolute Gasteiger partial charge is 0.339 e. The van der Waals surface area contributed by atoms with Crippen molar-refractivity contribution >= 4 is 5.91 Å². The van der Waals surface area contributed by atoms with Crippen LogP contribution in [0.3, 0.4) is 0 Å². The van der Waals surface area contributed by atoms with Crippen LogP contribution in [0.4, 0.5) is 0 Å². The van der Waals surface area contributed by atoms with Crippen LogP contribution in [0.2, 0.25) is 0 Å². The molecule has 0 radical (unpaired) electrons. The number of piperidine rings is 1. The Morgan fingerprint density at radius 1 is 1.26 bits per heavy atom. The van der Waals surface area contributed by atoms with Crippen molar-refractivity contribution in [2.45, 2.75) is 32.2 Å². The van der Waals surface area contributed by atoms with E-state index in [0.717, 1.165) is 18.7 Å². The first-order valence-corrected chi connectivity index (χ1v) is 8.92. The van der Waals surface area contributed by atoms with Crippen LogP contribution in [0, 0.1) is 0 Å². The molecule has 1 aliphatic rings. The van der Waals surface area contributed by atoms with E-state index in [2.05, 4.69) is 25.4 Å². The van der Waals surface area contributed by atoms with Gasteiger partial charge in [-0.2, -0.15) is 5.10 Å². The van der Waals surface area contributed by atoms with Crippen LogP contribution in [-0.2, 0) is 6.54 Å². The molecule has 1 N–H and O–H groups in total. The van der Waals surface area contributed by atoms with Crippen molar-refractivity contribution in [1.29, 1.82) is 0 Å². The van der Waals surface area contributed by atoms with Crippen LogP contribution in [-0.4, -0.2) is 58.4 Å². The highest BCUT2D eigenvalue weighted by Gasteiger charge is 2.28. The lowest BCUT2D eigenvalue weighted by Gasteiger charge is -2.31. The van der Waals surface area contributed by atoms with E-state index in [4.69, 9.17) is 0 Å². The van der Waals surface area contributed by atoms with Gasteiger partial charge in [0.25, 0.3) is 5.91 Å². The maximum atomic E-state index is 12.9. The molecule has 10 nitrogen and oxygen atoms in total. The fourth-order valence-electron chi connectivity index (χ4n) is 3.48. The summed E-state index contributed by atoms with van der Waals surface area (Å²) in [5.41, 5.74) is 0.404. The Bertz CT molecular complexity index is 983. The molecule has 1 aliphatic heterocycles. The molecule has 4 rings (SSSR count). The Labute approximate surface area is 154 Å². The lowest BCUT2D eigenvalue weighted by Crippen LogP contribution is -2.38. The van der Waals surface area contributed by atoms with Gasteiger partial charge in [0.2, 0.25) is 0 Å². The molecule has 1 fully saturated rings. The topological polar surface area (TPSA) is 115 Å². The van der Waals surface area contributed by atoms with E-state index in [9.17, 15) is 9.59 Å². The van der Waals surface area contributed by atoms with Gasteiger partial charge >= 0.3 is 5.69 Å². The quantitative estimate of drug-likeness (QED) is 0.721. The van der Waals surface area contributed by atoms with Crippen LogP contribution in [0.1, 0.15) is 41.9 Å². The number of H-pyrrole nitrogens is 1. The maximum Gasteiger partial charge on any atom is 0.343 e. The molecule has 0 saturated carbocycles. The highest BCUT2D eigenvalue weighted by atomic mass is 16.2. The molecule has 0 spiro atoms. The number of nitrogens with zero attached hydrogens (tertiary/aromatic N) is 7. The largest absolute Gasteiger partial charge is 0.343 e. The molecule has 10 heteroatoms. The van der Waals surface area contributed by atoms with E-state index in [1.165, 1.54) is 0 Å². The van der Waals surface area contributed by atoms with Crippen LogP contribution in [0.5, 0.6) is 0 Å². The van der Waals surface area contributed by atoms with Gasteiger partial charge in [-0.1, -0.05) is 0 Å². The number of nitrogens with one attached hydrogen (secondary N) is 1. The summed E-state index contributed by atoms with van der Waals surface area (Å²) in [5, 5.41) is 14.2. The molecule has 1 amide bonds. The number of carbonyl (C=O) groups excluding carboxylic acids is 1. The predicted octanol–water partition coefficient (Wildman–Crippen LogP) is 0.587. The first-order valence-electron chi connectivity index (χ1n) is 8.92. The summed E-state index contributed by atoms with van der Waals surface area (Å²) in [4.78, 5) is 30.7. The summed E-state index contributed by atoms with van der Waals surface area (Å²) >= 11 is 0. The minimum Gasteiger partial charge on any atom is -0.339 e. The molecule has 27 heavy (non-hydrogen) atoms. The number of hydrogen-bond acceptors (Lipinski definition) is 6. The fourth-order valence-corrected chi connectivity index (χ4v) is 3.48. The van der Waals surface area contributed by atoms with Crippen LogP contribution in [0.15, 0.2) is 35.8 Å². The van der Waals surface area contributed by atoms with E-state index in [1.54, 1.807) is 40.1 Å². The molecule has 0 aromatic carbocycles. The Morgan fingerprint density at radius 2 is 2.00 bits per heavy atom. The molecule has 0 aliphatic carbocycles. The van der Waals surface area contributed by atoms with Crippen molar-refractivity contribution in [3.63, 3.8) is 0 Å². The van der Waals surface area contributed by atoms with Gasteiger partial charge in [-0.3, -0.25) is 13.9 Å². The number of hydrogen-bond donors (Lipinski definition) is 1. The summed E-state index contributed by atoms with van der Waals surface area (Å²) < 4.78 is 3.32. The van der Waals surface area contributed by atoms with Crippen molar-refractivity contribution in [3.05, 3.63) is 52.9 Å². The first-order chi connectivity index (χ1) is 13.2. The molecule has 0 atom stereocenters. The Kier molecular flexibility index (Phi) is 4.53. The Morgan fingerprint density at radius 3 is 2.70 bits per heavy atom. The van der Waals surface area contributed by atoms with Crippen molar-refractivity contribution in [3.8, 4) is 5.82 Å². The van der Waals surface area contributed by atoms with Gasteiger partial charge in [0.05, 0.1) is 0 Å². The number of amides is 1. The molecule has 4 heterocycles. The minimum absolute atomic E-state index is 0.0277. The van der Waals surface area contributed by atoms with E-state index in [1.807, 2.05) is 11.8 Å². The number of aromatic amines is 1. The highest BCUT2D eigenvalue weighted by Crippen LogP contribution is 2.26. The number of pyridine rings is 1. The Hall–Kier alpha value is -3.30. The lowest BCUT2D eigenvalue weighted by molar-refractivity contribution is 0.0710. The zero-order chi connectivity index (χ0) is 18.8. The van der Waals surface area contributed by atoms with Gasteiger partial charge in [0.1, 0.15) is 24.3 Å². The summed E-state index contributed by atoms with van der Waals surface area (Å²) in [5.74, 6) is 1.54. The highest BCUT2D eigenvalue weighted by molar-refractivity contribution is 5.94. The standard InChI is InChI=1S/C17H20N8O2/c1-2-25-15(21-22-17(25)27)12-4-7-23(8-5-12)16(26)13-3-6-18-14(9-13)24-10-19-20-11-24/h3,6,9-12H,2,4-5,7-8H2,1H3,(H,22,27). The third-order valence-electron chi connectivity index (χ3n) is 4.93. The van der Waals surface area contributed by atoms with Crippen LogP contribution < -0.4 is 5.69 Å². The van der Waals surface area contributed by atoms with E-state index in [0.29, 0.717) is 31.0 Å². The molecular weight excluding hydrogens is 348 g/mol. The third-order valence-corrected chi connectivity index (χ3v) is 4.93. The number of carbonyl (C=O) groups is 1. The number of likely N-dealkylation sites (tertiary alicyclic amines) is 1.